The average Bonchev–Trinajstić information content (AvgIpc) is 2.75. The van der Waals surface area contributed by atoms with E-state index in [0.29, 0.717) is 5.92 Å². The van der Waals surface area contributed by atoms with Gasteiger partial charge in [-0.25, -0.2) is 0 Å². The van der Waals surface area contributed by atoms with Crippen molar-refractivity contribution in [1.82, 2.24) is 0 Å². The van der Waals surface area contributed by atoms with Crippen LogP contribution in [0.25, 0.3) is 10.8 Å². The molecule has 0 N–H and O–H groups in total. The first kappa shape index (κ1) is 19.1. The van der Waals surface area contributed by atoms with Crippen LogP contribution in [0.15, 0.2) is 54.6 Å². The summed E-state index contributed by atoms with van der Waals surface area (Å²) in [6, 6.07) is 20.7. The number of fused-ring (bicyclic) bond motifs is 2. The summed E-state index contributed by atoms with van der Waals surface area (Å²) in [4.78, 5) is 0. The van der Waals surface area contributed by atoms with Gasteiger partial charge in [0.1, 0.15) is 5.75 Å². The van der Waals surface area contributed by atoms with Gasteiger partial charge in [0.25, 0.3) is 0 Å². The lowest BCUT2D eigenvalue weighted by Crippen LogP contribution is -2.13. The summed E-state index contributed by atoms with van der Waals surface area (Å²) in [5.74, 6) is 1.67. The molecule has 0 aliphatic heterocycles. The highest BCUT2D eigenvalue weighted by molar-refractivity contribution is 5.84. The highest BCUT2D eigenvalue weighted by Crippen LogP contribution is 2.35. The van der Waals surface area contributed by atoms with Crippen LogP contribution in [0.1, 0.15) is 67.7 Å². The first-order valence-electron chi connectivity index (χ1n) is 11.0. The van der Waals surface area contributed by atoms with E-state index in [-0.39, 0.29) is 0 Å². The van der Waals surface area contributed by atoms with Crippen molar-refractivity contribution in [2.24, 2.45) is 0 Å². The maximum atomic E-state index is 5.95. The fraction of sp³-hybridized carbons (Fsp3) is 0.407. The maximum Gasteiger partial charge on any atom is 0.119 e. The Morgan fingerprint density at radius 3 is 2.57 bits per heavy atom. The Morgan fingerprint density at radius 2 is 1.71 bits per heavy atom. The molecule has 0 saturated carbocycles. The number of unbranched alkanes of at least 4 members (excludes halogenated alkanes) is 2. The standard InChI is InChI=1S/C27H32O/c1-3-5-6-15-28-27-14-13-25-18-24(11-12-26(25)19-27)23-10-9-21-16-20(4-2)7-8-22(21)17-23/h7-10,13-14,16-17,19,24H,3-6,11-12,15,18H2,1-2H3. The molecule has 0 saturated heterocycles. The molecule has 3 aromatic rings. The molecule has 3 aromatic carbocycles. The lowest BCUT2D eigenvalue weighted by Gasteiger charge is -2.26. The molecule has 0 aromatic heterocycles. The summed E-state index contributed by atoms with van der Waals surface area (Å²) in [5, 5.41) is 2.74. The van der Waals surface area contributed by atoms with Crippen LogP contribution in [0.4, 0.5) is 0 Å². The van der Waals surface area contributed by atoms with Gasteiger partial charge in [-0.2, -0.15) is 0 Å². The molecular weight excluding hydrogens is 340 g/mol. The van der Waals surface area contributed by atoms with Gasteiger partial charge in [0.2, 0.25) is 0 Å². The highest BCUT2D eigenvalue weighted by atomic mass is 16.5. The number of hydrogen-bond acceptors (Lipinski definition) is 1. The third-order valence-electron chi connectivity index (χ3n) is 6.23. The van der Waals surface area contributed by atoms with Crippen LogP contribution >= 0.6 is 0 Å². The number of ether oxygens (including phenoxy) is 1. The van der Waals surface area contributed by atoms with Crippen LogP contribution in [-0.2, 0) is 19.3 Å². The van der Waals surface area contributed by atoms with Crippen molar-refractivity contribution in [3.8, 4) is 5.75 Å². The molecule has 4 rings (SSSR count). The predicted molar refractivity (Wildman–Crippen MR) is 120 cm³/mol. The molecule has 1 atom stereocenters. The van der Waals surface area contributed by atoms with E-state index in [1.165, 1.54) is 52.3 Å². The topological polar surface area (TPSA) is 9.23 Å². The molecule has 28 heavy (non-hydrogen) atoms. The summed E-state index contributed by atoms with van der Waals surface area (Å²) in [6.45, 7) is 5.29. The van der Waals surface area contributed by atoms with Crippen LogP contribution in [-0.4, -0.2) is 6.61 Å². The third kappa shape index (κ3) is 4.24. The normalized spacial score (nSPS) is 16.1. The van der Waals surface area contributed by atoms with Crippen molar-refractivity contribution in [3.63, 3.8) is 0 Å². The monoisotopic (exact) mass is 372 g/mol. The Kier molecular flexibility index (Phi) is 6.00. The molecule has 0 bridgehead atoms. The van der Waals surface area contributed by atoms with Crippen molar-refractivity contribution in [1.29, 1.82) is 0 Å². The van der Waals surface area contributed by atoms with E-state index in [1.54, 1.807) is 0 Å². The Hall–Kier alpha value is -2.28. The SMILES string of the molecule is CCCCCOc1ccc2c(c1)CCC(c1ccc3cc(CC)ccc3c1)C2. The quantitative estimate of drug-likeness (QED) is 0.397. The van der Waals surface area contributed by atoms with E-state index in [4.69, 9.17) is 4.74 Å². The van der Waals surface area contributed by atoms with Gasteiger partial charge >= 0.3 is 0 Å². The Morgan fingerprint density at radius 1 is 0.857 bits per heavy atom. The van der Waals surface area contributed by atoms with Crippen molar-refractivity contribution < 1.29 is 4.74 Å². The number of aryl methyl sites for hydroxylation is 2. The molecule has 1 nitrogen and oxygen atoms in total. The molecule has 1 aliphatic carbocycles. The van der Waals surface area contributed by atoms with Crippen LogP contribution < -0.4 is 4.74 Å². The molecule has 1 unspecified atom stereocenters. The fourth-order valence-electron chi connectivity index (χ4n) is 4.44. The van der Waals surface area contributed by atoms with Crippen molar-refractivity contribution in [3.05, 3.63) is 76.9 Å². The zero-order valence-corrected chi connectivity index (χ0v) is 17.3. The summed E-state index contributed by atoms with van der Waals surface area (Å²) >= 11 is 0. The lowest BCUT2D eigenvalue weighted by molar-refractivity contribution is 0.305. The molecule has 0 heterocycles. The minimum atomic E-state index is 0.624. The Balaban J connectivity index is 1.47. The summed E-state index contributed by atoms with van der Waals surface area (Å²) in [5.41, 5.74) is 5.89. The second-order valence-electron chi connectivity index (χ2n) is 8.22. The second-order valence-corrected chi connectivity index (χ2v) is 8.22. The van der Waals surface area contributed by atoms with Crippen LogP contribution in [0, 0.1) is 0 Å². The molecular formula is C27H32O. The number of rotatable bonds is 7. The fourth-order valence-corrected chi connectivity index (χ4v) is 4.44. The van der Waals surface area contributed by atoms with Crippen LogP contribution in [0.3, 0.4) is 0 Å². The molecule has 146 valence electrons. The van der Waals surface area contributed by atoms with Gasteiger partial charge in [-0.15, -0.1) is 0 Å². The van der Waals surface area contributed by atoms with E-state index in [2.05, 4.69) is 68.4 Å². The number of hydrogen-bond donors (Lipinski definition) is 0. The van der Waals surface area contributed by atoms with Crippen LogP contribution in [0.5, 0.6) is 5.75 Å². The lowest BCUT2D eigenvalue weighted by atomic mass is 9.79. The van der Waals surface area contributed by atoms with Gasteiger partial charge in [-0.3, -0.25) is 0 Å². The van der Waals surface area contributed by atoms with Crippen molar-refractivity contribution >= 4 is 10.8 Å². The van der Waals surface area contributed by atoms with E-state index in [9.17, 15) is 0 Å². The minimum Gasteiger partial charge on any atom is -0.494 e. The average molecular weight is 373 g/mol. The van der Waals surface area contributed by atoms with Crippen LogP contribution in [0.2, 0.25) is 0 Å². The smallest absolute Gasteiger partial charge is 0.119 e. The van der Waals surface area contributed by atoms with Crippen molar-refractivity contribution in [2.45, 2.75) is 64.7 Å². The van der Waals surface area contributed by atoms with E-state index in [1.807, 2.05) is 0 Å². The maximum absolute atomic E-state index is 5.95. The molecule has 0 fully saturated rings. The summed E-state index contributed by atoms with van der Waals surface area (Å²) in [7, 11) is 0. The molecule has 0 amide bonds. The first-order chi connectivity index (χ1) is 13.8. The van der Waals surface area contributed by atoms with Gasteiger partial charge in [-0.05, 0) is 83.2 Å². The zero-order chi connectivity index (χ0) is 19.3. The van der Waals surface area contributed by atoms with E-state index in [0.717, 1.165) is 38.0 Å². The molecule has 1 heteroatoms. The second kappa shape index (κ2) is 8.82. The van der Waals surface area contributed by atoms with Crippen molar-refractivity contribution in [2.75, 3.05) is 6.61 Å². The number of benzene rings is 3. The first-order valence-corrected chi connectivity index (χ1v) is 11.0. The Bertz CT molecular complexity index is 940. The summed E-state index contributed by atoms with van der Waals surface area (Å²) < 4.78 is 5.95. The molecule has 1 aliphatic rings. The predicted octanol–water partition coefficient (Wildman–Crippen LogP) is 7.24. The summed E-state index contributed by atoms with van der Waals surface area (Å²) in [6.07, 6.45) is 8.26. The van der Waals surface area contributed by atoms with Gasteiger partial charge in [0, 0.05) is 0 Å². The van der Waals surface area contributed by atoms with E-state index >= 15 is 0 Å². The molecule has 0 spiro atoms. The third-order valence-corrected chi connectivity index (χ3v) is 6.23. The highest BCUT2D eigenvalue weighted by Gasteiger charge is 2.21. The van der Waals surface area contributed by atoms with E-state index < -0.39 is 0 Å². The largest absolute Gasteiger partial charge is 0.494 e. The van der Waals surface area contributed by atoms with Gasteiger partial charge < -0.3 is 4.74 Å². The minimum absolute atomic E-state index is 0.624. The van der Waals surface area contributed by atoms with Gasteiger partial charge in [0.15, 0.2) is 0 Å². The zero-order valence-electron chi connectivity index (χ0n) is 17.3. The molecule has 0 radical (unpaired) electrons. The Labute approximate surface area is 169 Å². The van der Waals surface area contributed by atoms with Gasteiger partial charge in [0.05, 0.1) is 6.61 Å². The van der Waals surface area contributed by atoms with Gasteiger partial charge in [-0.1, -0.05) is 69.2 Å².